The summed E-state index contributed by atoms with van der Waals surface area (Å²) in [6.07, 6.45) is 2.79. The van der Waals surface area contributed by atoms with Crippen LogP contribution in [0.5, 0.6) is 0 Å². The van der Waals surface area contributed by atoms with Crippen LogP contribution in [0.3, 0.4) is 0 Å². The SMILES string of the molecule is CC1=[N+](C)C=CC(=NNC(N)=S)C1O. The summed E-state index contributed by atoms with van der Waals surface area (Å²) in [6.45, 7) is 1.82. The zero-order valence-electron chi connectivity index (χ0n) is 8.06. The molecule has 0 bridgehead atoms. The van der Waals surface area contributed by atoms with Crippen LogP contribution in [0.2, 0.25) is 0 Å². The van der Waals surface area contributed by atoms with Crippen molar-refractivity contribution in [2.45, 2.75) is 13.0 Å². The predicted molar refractivity (Wildman–Crippen MR) is 59.4 cm³/mol. The second-order valence-corrected chi connectivity index (χ2v) is 3.42. The number of hydrazone groups is 1. The molecule has 6 heteroatoms. The van der Waals surface area contributed by atoms with Gasteiger partial charge < -0.3 is 10.8 Å². The normalized spacial score (nSPS) is 24.2. The van der Waals surface area contributed by atoms with Gasteiger partial charge in [0.1, 0.15) is 12.8 Å². The number of rotatable bonds is 1. The summed E-state index contributed by atoms with van der Waals surface area (Å²) in [5, 5.41) is 13.7. The fourth-order valence-corrected chi connectivity index (χ4v) is 1.07. The molecule has 0 aromatic carbocycles. The molecular formula is C8H13N4OS+. The first-order valence-electron chi connectivity index (χ1n) is 4.08. The average Bonchev–Trinajstić information content (AvgIpc) is 2.13. The van der Waals surface area contributed by atoms with Crippen molar-refractivity contribution in [3.63, 3.8) is 0 Å². The van der Waals surface area contributed by atoms with Crippen molar-refractivity contribution in [2.24, 2.45) is 10.8 Å². The number of nitrogens with one attached hydrogen (secondary N) is 1. The third kappa shape index (κ3) is 2.36. The quantitative estimate of drug-likeness (QED) is 0.302. The van der Waals surface area contributed by atoms with Crippen molar-refractivity contribution >= 4 is 28.8 Å². The highest BCUT2D eigenvalue weighted by atomic mass is 32.1. The molecule has 0 spiro atoms. The summed E-state index contributed by atoms with van der Waals surface area (Å²) < 4.78 is 1.82. The molecular weight excluding hydrogens is 200 g/mol. The van der Waals surface area contributed by atoms with Gasteiger partial charge in [-0.15, -0.1) is 0 Å². The first-order chi connectivity index (χ1) is 6.52. The van der Waals surface area contributed by atoms with Crippen LogP contribution < -0.4 is 11.2 Å². The predicted octanol–water partition coefficient (Wildman–Crippen LogP) is -0.833. The highest BCUT2D eigenvalue weighted by molar-refractivity contribution is 7.80. The highest BCUT2D eigenvalue weighted by Gasteiger charge is 2.24. The highest BCUT2D eigenvalue weighted by Crippen LogP contribution is 2.00. The van der Waals surface area contributed by atoms with Crippen molar-refractivity contribution in [3.05, 3.63) is 12.3 Å². The molecule has 1 aliphatic heterocycles. The molecule has 0 saturated carbocycles. The maximum Gasteiger partial charge on any atom is 0.189 e. The number of nitrogens with two attached hydrogens (primary N) is 1. The van der Waals surface area contributed by atoms with Crippen LogP contribution in [-0.4, -0.2) is 39.4 Å². The number of nitrogens with zero attached hydrogens (tertiary/aromatic N) is 2. The van der Waals surface area contributed by atoms with Gasteiger partial charge in [-0.3, -0.25) is 5.43 Å². The first-order valence-corrected chi connectivity index (χ1v) is 4.48. The summed E-state index contributed by atoms with van der Waals surface area (Å²) in [4.78, 5) is 0. The Balaban J connectivity index is 2.82. The molecule has 0 saturated heterocycles. The van der Waals surface area contributed by atoms with E-state index < -0.39 is 6.10 Å². The topological polar surface area (TPSA) is 73.7 Å². The van der Waals surface area contributed by atoms with Crippen molar-refractivity contribution in [3.8, 4) is 0 Å². The van der Waals surface area contributed by atoms with Gasteiger partial charge in [0.2, 0.25) is 0 Å². The summed E-state index contributed by atoms with van der Waals surface area (Å²) >= 11 is 4.59. The van der Waals surface area contributed by atoms with E-state index in [2.05, 4.69) is 22.7 Å². The van der Waals surface area contributed by atoms with E-state index >= 15 is 0 Å². The summed E-state index contributed by atoms with van der Waals surface area (Å²) in [5.74, 6) is 0. The number of aliphatic hydroxyl groups excluding tert-OH is 1. The molecule has 1 unspecified atom stereocenters. The third-order valence-corrected chi connectivity index (χ3v) is 2.09. The van der Waals surface area contributed by atoms with Gasteiger partial charge in [0, 0.05) is 13.0 Å². The van der Waals surface area contributed by atoms with Crippen LogP contribution in [-0.2, 0) is 0 Å². The minimum Gasteiger partial charge on any atom is -0.376 e. The maximum atomic E-state index is 9.74. The fourth-order valence-electron chi connectivity index (χ4n) is 1.02. The second-order valence-electron chi connectivity index (χ2n) is 2.98. The molecule has 1 heterocycles. The Morgan fingerprint density at radius 3 is 3.00 bits per heavy atom. The molecule has 14 heavy (non-hydrogen) atoms. The fraction of sp³-hybridized carbons (Fsp3) is 0.375. The number of hydrogen-bond acceptors (Lipinski definition) is 3. The van der Waals surface area contributed by atoms with E-state index in [1.807, 2.05) is 24.7 Å². The summed E-state index contributed by atoms with van der Waals surface area (Å²) in [7, 11) is 1.85. The van der Waals surface area contributed by atoms with Crippen LogP contribution in [0.15, 0.2) is 17.4 Å². The van der Waals surface area contributed by atoms with E-state index in [0.29, 0.717) is 5.71 Å². The lowest BCUT2D eigenvalue weighted by atomic mass is 10.1. The van der Waals surface area contributed by atoms with Crippen LogP contribution >= 0.6 is 12.2 Å². The van der Waals surface area contributed by atoms with Gasteiger partial charge in [-0.05, 0) is 12.2 Å². The van der Waals surface area contributed by atoms with E-state index in [1.54, 1.807) is 6.08 Å². The van der Waals surface area contributed by atoms with Crippen molar-refractivity contribution in [2.75, 3.05) is 7.05 Å². The zero-order chi connectivity index (χ0) is 10.7. The molecule has 1 rings (SSSR count). The van der Waals surface area contributed by atoms with Crippen LogP contribution in [0.1, 0.15) is 6.92 Å². The lowest BCUT2D eigenvalue weighted by molar-refractivity contribution is -0.426. The Morgan fingerprint density at radius 2 is 2.43 bits per heavy atom. The van der Waals surface area contributed by atoms with Crippen LogP contribution in [0.25, 0.3) is 0 Å². The molecule has 5 nitrogen and oxygen atoms in total. The molecule has 0 radical (unpaired) electrons. The monoisotopic (exact) mass is 213 g/mol. The lowest BCUT2D eigenvalue weighted by Crippen LogP contribution is -2.37. The molecule has 1 aliphatic rings. The van der Waals surface area contributed by atoms with E-state index in [1.165, 1.54) is 0 Å². The molecule has 0 aliphatic carbocycles. The van der Waals surface area contributed by atoms with Crippen molar-refractivity contribution in [1.82, 2.24) is 5.43 Å². The second kappa shape index (κ2) is 4.30. The molecule has 0 amide bonds. The van der Waals surface area contributed by atoms with Crippen molar-refractivity contribution < 1.29 is 9.68 Å². The van der Waals surface area contributed by atoms with Crippen molar-refractivity contribution in [1.29, 1.82) is 0 Å². The van der Waals surface area contributed by atoms with Crippen LogP contribution in [0.4, 0.5) is 0 Å². The minimum atomic E-state index is -0.716. The van der Waals surface area contributed by atoms with E-state index in [9.17, 15) is 5.11 Å². The van der Waals surface area contributed by atoms with Gasteiger partial charge in [-0.25, -0.2) is 4.58 Å². The molecule has 0 fully saturated rings. The third-order valence-electron chi connectivity index (χ3n) is 2.00. The van der Waals surface area contributed by atoms with Gasteiger partial charge in [-0.1, -0.05) is 0 Å². The van der Waals surface area contributed by atoms with Crippen LogP contribution in [0, 0.1) is 0 Å². The summed E-state index contributed by atoms with van der Waals surface area (Å²) in [6, 6.07) is 0. The Kier molecular flexibility index (Phi) is 3.32. The Morgan fingerprint density at radius 1 is 1.79 bits per heavy atom. The van der Waals surface area contributed by atoms with Gasteiger partial charge in [0.25, 0.3) is 0 Å². The number of thiocarbonyl (C=S) groups is 1. The van der Waals surface area contributed by atoms with E-state index in [-0.39, 0.29) is 5.11 Å². The van der Waals surface area contributed by atoms with Gasteiger partial charge in [0.05, 0.1) is 0 Å². The molecule has 4 N–H and O–H groups in total. The Bertz CT molecular complexity index is 345. The molecule has 76 valence electrons. The largest absolute Gasteiger partial charge is 0.376 e. The number of hydrogen-bond donors (Lipinski definition) is 3. The number of aliphatic hydroxyl groups is 1. The van der Waals surface area contributed by atoms with Gasteiger partial charge in [-0.2, -0.15) is 5.10 Å². The molecule has 0 aromatic heterocycles. The van der Waals surface area contributed by atoms with Gasteiger partial charge >= 0.3 is 0 Å². The Hall–Kier alpha value is -1.27. The van der Waals surface area contributed by atoms with Gasteiger partial charge in [0.15, 0.2) is 23.1 Å². The summed E-state index contributed by atoms with van der Waals surface area (Å²) in [5.41, 5.74) is 8.94. The average molecular weight is 213 g/mol. The zero-order valence-corrected chi connectivity index (χ0v) is 8.88. The Labute approximate surface area is 87.6 Å². The lowest BCUT2D eigenvalue weighted by Gasteiger charge is -2.12. The first kappa shape index (κ1) is 10.8. The molecule has 1 atom stereocenters. The standard InChI is InChI=1S/C8H12N4OS/c1-5-7(13)6(3-4-12(5)2)10-11-8(9)14/h3-4,7,13H,1-2H3,(H2-,9,11,14)/p+1. The maximum absolute atomic E-state index is 9.74. The van der Waals surface area contributed by atoms with E-state index in [4.69, 9.17) is 5.73 Å². The van der Waals surface area contributed by atoms with E-state index in [0.717, 1.165) is 5.71 Å². The minimum absolute atomic E-state index is 0.0784. The smallest absolute Gasteiger partial charge is 0.189 e. The molecule has 0 aromatic rings.